The molecule has 2 rings (SSSR count). The van der Waals surface area contributed by atoms with Gasteiger partial charge in [0, 0.05) is 11.7 Å². The molecule has 2 aromatic rings. The van der Waals surface area contributed by atoms with Crippen LogP contribution in [-0.2, 0) is 14.8 Å². The number of carbonyl (C=O) groups excluding carboxylic acids is 1. The van der Waals surface area contributed by atoms with Crippen LogP contribution in [0.5, 0.6) is 0 Å². The van der Waals surface area contributed by atoms with E-state index >= 15 is 0 Å². The molecule has 0 aliphatic heterocycles. The predicted molar refractivity (Wildman–Crippen MR) is 108 cm³/mol. The highest BCUT2D eigenvalue weighted by Crippen LogP contribution is 2.22. The van der Waals surface area contributed by atoms with Gasteiger partial charge in [0.05, 0.1) is 10.9 Å². The lowest BCUT2D eigenvalue weighted by Crippen LogP contribution is -2.40. The Bertz CT molecular complexity index is 867. The molecule has 0 fully saturated rings. The first-order valence-electron chi connectivity index (χ1n) is 8.91. The molecule has 0 unspecified atom stereocenters. The zero-order chi connectivity index (χ0) is 20.0. The summed E-state index contributed by atoms with van der Waals surface area (Å²) in [7, 11) is -3.82. The largest absolute Gasteiger partial charge is 0.325 e. The molecule has 2 aromatic carbocycles. The Kier molecular flexibility index (Phi) is 7.12. The predicted octanol–water partition coefficient (Wildman–Crippen LogP) is 3.04. The Hall–Kier alpha value is -2.22. The third kappa shape index (κ3) is 6.46. The number of nitrogens with one attached hydrogen (secondary N) is 2. The summed E-state index contributed by atoms with van der Waals surface area (Å²) in [6.07, 6.45) is 0.891. The van der Waals surface area contributed by atoms with Crippen LogP contribution in [-0.4, -0.2) is 20.4 Å². The van der Waals surface area contributed by atoms with E-state index in [0.717, 1.165) is 12.0 Å². The number of sulfonamides is 1. The summed E-state index contributed by atoms with van der Waals surface area (Å²) in [6.45, 7) is 6.07. The van der Waals surface area contributed by atoms with Gasteiger partial charge in [0.1, 0.15) is 0 Å². The van der Waals surface area contributed by atoms with Crippen LogP contribution in [0, 0.1) is 5.92 Å². The smallest absolute Gasteiger partial charge is 0.241 e. The highest BCUT2D eigenvalue weighted by atomic mass is 32.2. The monoisotopic (exact) mass is 389 g/mol. The molecule has 146 valence electrons. The Morgan fingerprint density at radius 3 is 2.30 bits per heavy atom. The average molecular weight is 390 g/mol. The molecule has 4 N–H and O–H groups in total. The van der Waals surface area contributed by atoms with Crippen molar-refractivity contribution in [3.8, 4) is 0 Å². The topological polar surface area (TPSA) is 101 Å². The number of carbonyl (C=O) groups is 1. The van der Waals surface area contributed by atoms with Crippen molar-refractivity contribution in [1.29, 1.82) is 0 Å². The number of amides is 1. The van der Waals surface area contributed by atoms with Crippen molar-refractivity contribution in [2.75, 3.05) is 5.32 Å². The van der Waals surface area contributed by atoms with Crippen LogP contribution >= 0.6 is 0 Å². The number of anilines is 1. The zero-order valence-electron chi connectivity index (χ0n) is 15.8. The average Bonchev–Trinajstić information content (AvgIpc) is 2.61. The number of hydrogen-bond acceptors (Lipinski definition) is 4. The third-order valence-electron chi connectivity index (χ3n) is 4.18. The van der Waals surface area contributed by atoms with Gasteiger partial charge in [-0.1, -0.05) is 50.2 Å². The molecule has 0 aliphatic rings. The number of hydrogen-bond donors (Lipinski definition) is 3. The lowest BCUT2D eigenvalue weighted by Gasteiger charge is -2.25. The van der Waals surface area contributed by atoms with E-state index in [1.54, 1.807) is 19.1 Å². The number of primary sulfonamides is 1. The van der Waals surface area contributed by atoms with Crippen LogP contribution < -0.4 is 15.8 Å². The first-order valence-corrected chi connectivity index (χ1v) is 10.5. The minimum atomic E-state index is -3.82. The molecule has 0 saturated carbocycles. The highest BCUT2D eigenvalue weighted by molar-refractivity contribution is 7.89. The molecule has 0 bridgehead atoms. The third-order valence-corrected chi connectivity index (χ3v) is 5.09. The second kappa shape index (κ2) is 9.12. The van der Waals surface area contributed by atoms with E-state index < -0.39 is 16.1 Å². The van der Waals surface area contributed by atoms with Gasteiger partial charge < -0.3 is 5.32 Å². The molecule has 1 amide bonds. The van der Waals surface area contributed by atoms with Crippen molar-refractivity contribution in [3.63, 3.8) is 0 Å². The number of nitrogens with two attached hydrogens (primary N) is 1. The fourth-order valence-corrected chi connectivity index (χ4v) is 3.40. The van der Waals surface area contributed by atoms with Gasteiger partial charge in [-0.05, 0) is 43.0 Å². The van der Waals surface area contributed by atoms with Crippen molar-refractivity contribution in [2.24, 2.45) is 11.1 Å². The summed E-state index contributed by atoms with van der Waals surface area (Å²) in [6, 6.07) is 15.5. The first kappa shape index (κ1) is 21.1. The highest BCUT2D eigenvalue weighted by Gasteiger charge is 2.20. The van der Waals surface area contributed by atoms with Gasteiger partial charge in [0.15, 0.2) is 0 Å². The second-order valence-corrected chi connectivity index (χ2v) is 8.60. The number of benzene rings is 2. The Labute approximate surface area is 161 Å². The summed E-state index contributed by atoms with van der Waals surface area (Å²) < 4.78 is 22.9. The van der Waals surface area contributed by atoms with Crippen LogP contribution in [0.25, 0.3) is 0 Å². The lowest BCUT2D eigenvalue weighted by atomic mass is 9.96. The van der Waals surface area contributed by atoms with Crippen LogP contribution in [0.1, 0.15) is 38.8 Å². The molecular weight excluding hydrogens is 362 g/mol. The quantitative estimate of drug-likeness (QED) is 0.646. The summed E-state index contributed by atoms with van der Waals surface area (Å²) >= 11 is 0. The van der Waals surface area contributed by atoms with E-state index in [1.807, 2.05) is 30.3 Å². The Balaban J connectivity index is 2.09. The van der Waals surface area contributed by atoms with Gasteiger partial charge in [-0.15, -0.1) is 0 Å². The molecule has 0 saturated heterocycles. The normalized spacial score (nSPS) is 14.0. The Morgan fingerprint density at radius 2 is 1.70 bits per heavy atom. The van der Waals surface area contributed by atoms with Gasteiger partial charge in [-0.25, -0.2) is 13.6 Å². The van der Waals surface area contributed by atoms with Gasteiger partial charge in [0.25, 0.3) is 0 Å². The molecule has 2 atom stereocenters. The number of rotatable bonds is 8. The standard InChI is InChI=1S/C20H27N3O3S/c1-14(2)12-19(16-8-5-4-6-9-16)22-15(3)20(24)23-17-10-7-11-18(13-17)27(21,25)26/h4-11,13-15,19,22H,12H2,1-3H3,(H,23,24)(H2,21,25,26)/t15-,19+/m0/s1. The van der Waals surface area contributed by atoms with E-state index in [0.29, 0.717) is 11.6 Å². The fraction of sp³-hybridized carbons (Fsp3) is 0.350. The van der Waals surface area contributed by atoms with Gasteiger partial charge >= 0.3 is 0 Å². The van der Waals surface area contributed by atoms with Crippen molar-refractivity contribution >= 4 is 21.6 Å². The SMILES string of the molecule is CC(C)C[C@@H](N[C@@H](C)C(=O)Nc1cccc(S(N)(=O)=O)c1)c1ccccc1. The molecule has 27 heavy (non-hydrogen) atoms. The maximum absolute atomic E-state index is 12.6. The lowest BCUT2D eigenvalue weighted by molar-refractivity contribution is -0.118. The van der Waals surface area contributed by atoms with Crippen LogP contribution in [0.2, 0.25) is 0 Å². The van der Waals surface area contributed by atoms with Gasteiger partial charge in [0.2, 0.25) is 15.9 Å². The maximum Gasteiger partial charge on any atom is 0.241 e. The molecule has 0 aromatic heterocycles. The minimum absolute atomic E-state index is 0.0390. The van der Waals surface area contributed by atoms with E-state index in [2.05, 4.69) is 24.5 Å². The molecule has 0 radical (unpaired) electrons. The summed E-state index contributed by atoms with van der Waals surface area (Å²) in [4.78, 5) is 12.5. The van der Waals surface area contributed by atoms with E-state index in [4.69, 9.17) is 5.14 Å². The van der Waals surface area contributed by atoms with E-state index in [1.165, 1.54) is 12.1 Å². The Morgan fingerprint density at radius 1 is 1.04 bits per heavy atom. The summed E-state index contributed by atoms with van der Waals surface area (Å²) in [5, 5.41) is 11.3. The zero-order valence-corrected chi connectivity index (χ0v) is 16.7. The van der Waals surface area contributed by atoms with E-state index in [9.17, 15) is 13.2 Å². The van der Waals surface area contributed by atoms with Crippen LogP contribution in [0.3, 0.4) is 0 Å². The fourth-order valence-electron chi connectivity index (χ4n) is 2.84. The molecule has 7 heteroatoms. The second-order valence-electron chi connectivity index (χ2n) is 7.04. The summed E-state index contributed by atoms with van der Waals surface area (Å²) in [5.41, 5.74) is 1.52. The van der Waals surface area contributed by atoms with Gasteiger partial charge in [-0.3, -0.25) is 10.1 Å². The first-order chi connectivity index (χ1) is 12.7. The van der Waals surface area contributed by atoms with Gasteiger partial charge in [-0.2, -0.15) is 0 Å². The molecule has 0 heterocycles. The molecular formula is C20H27N3O3S. The van der Waals surface area contributed by atoms with Crippen molar-refractivity contribution in [1.82, 2.24) is 5.32 Å². The minimum Gasteiger partial charge on any atom is -0.325 e. The van der Waals surface area contributed by atoms with Crippen molar-refractivity contribution < 1.29 is 13.2 Å². The van der Waals surface area contributed by atoms with E-state index in [-0.39, 0.29) is 16.8 Å². The molecule has 6 nitrogen and oxygen atoms in total. The van der Waals surface area contributed by atoms with Crippen LogP contribution in [0.15, 0.2) is 59.5 Å². The van der Waals surface area contributed by atoms with Crippen LogP contribution in [0.4, 0.5) is 5.69 Å². The maximum atomic E-state index is 12.6. The molecule has 0 spiro atoms. The summed E-state index contributed by atoms with van der Waals surface area (Å²) in [5.74, 6) is 0.218. The molecule has 0 aliphatic carbocycles. The van der Waals surface area contributed by atoms with Crippen molar-refractivity contribution in [2.45, 2.75) is 44.2 Å². The van der Waals surface area contributed by atoms with Crippen molar-refractivity contribution in [3.05, 3.63) is 60.2 Å².